The van der Waals surface area contributed by atoms with Crippen LogP contribution in [-0.2, 0) is 6.42 Å². The van der Waals surface area contributed by atoms with Gasteiger partial charge in [-0.2, -0.15) is 5.26 Å². The standard InChI is InChI=1S/C20H25F2N/c1-2-3-4-5-15-6-8-16(9-7-15)10-11-17-12-19(21)18(14-23)20(22)13-17/h2-3,12-13,15-16H,4-11H2,1H3/b3-2+. The first-order valence-electron chi connectivity index (χ1n) is 8.63. The van der Waals surface area contributed by atoms with Crippen molar-refractivity contribution in [2.45, 2.75) is 58.3 Å². The quantitative estimate of drug-likeness (QED) is 0.596. The molecule has 0 saturated heterocycles. The van der Waals surface area contributed by atoms with Gasteiger partial charge < -0.3 is 0 Å². The molecule has 124 valence electrons. The Morgan fingerprint density at radius 1 is 1.09 bits per heavy atom. The summed E-state index contributed by atoms with van der Waals surface area (Å²) in [6.07, 6.45) is 13.5. The van der Waals surface area contributed by atoms with Gasteiger partial charge in [0.05, 0.1) is 0 Å². The fraction of sp³-hybridized carbons (Fsp3) is 0.550. The zero-order chi connectivity index (χ0) is 16.7. The highest BCUT2D eigenvalue weighted by Gasteiger charge is 2.21. The molecular weight excluding hydrogens is 292 g/mol. The van der Waals surface area contributed by atoms with Crippen LogP contribution in [0.2, 0.25) is 0 Å². The zero-order valence-electron chi connectivity index (χ0n) is 13.8. The van der Waals surface area contributed by atoms with Crippen LogP contribution >= 0.6 is 0 Å². The Hall–Kier alpha value is -1.69. The van der Waals surface area contributed by atoms with Crippen LogP contribution in [0.3, 0.4) is 0 Å². The van der Waals surface area contributed by atoms with Crippen LogP contribution in [-0.4, -0.2) is 0 Å². The van der Waals surface area contributed by atoms with Gasteiger partial charge in [0.25, 0.3) is 0 Å². The van der Waals surface area contributed by atoms with Gasteiger partial charge in [0.15, 0.2) is 0 Å². The summed E-state index contributed by atoms with van der Waals surface area (Å²) in [5.41, 5.74) is 0.185. The van der Waals surface area contributed by atoms with Crippen molar-refractivity contribution in [1.29, 1.82) is 5.26 Å². The topological polar surface area (TPSA) is 23.8 Å². The number of halogens is 2. The van der Waals surface area contributed by atoms with Gasteiger partial charge in [-0.1, -0.05) is 37.8 Å². The van der Waals surface area contributed by atoms with Crippen molar-refractivity contribution in [1.82, 2.24) is 0 Å². The lowest BCUT2D eigenvalue weighted by Crippen LogP contribution is -2.15. The Morgan fingerprint density at radius 2 is 1.65 bits per heavy atom. The highest BCUT2D eigenvalue weighted by Crippen LogP contribution is 2.34. The van der Waals surface area contributed by atoms with Crippen LogP contribution in [0.1, 0.15) is 63.0 Å². The van der Waals surface area contributed by atoms with Gasteiger partial charge in [0.2, 0.25) is 0 Å². The molecule has 1 saturated carbocycles. The van der Waals surface area contributed by atoms with E-state index in [4.69, 9.17) is 5.26 Å². The van der Waals surface area contributed by atoms with Crippen molar-refractivity contribution >= 4 is 0 Å². The summed E-state index contributed by atoms with van der Waals surface area (Å²) < 4.78 is 27.2. The van der Waals surface area contributed by atoms with Crippen LogP contribution in [0.5, 0.6) is 0 Å². The molecule has 0 atom stereocenters. The van der Waals surface area contributed by atoms with E-state index in [1.165, 1.54) is 50.7 Å². The van der Waals surface area contributed by atoms with E-state index >= 15 is 0 Å². The number of nitrogens with zero attached hydrogens (tertiary/aromatic N) is 1. The van der Waals surface area contributed by atoms with Crippen molar-refractivity contribution in [2.75, 3.05) is 0 Å². The van der Waals surface area contributed by atoms with Crippen LogP contribution in [0.4, 0.5) is 8.78 Å². The molecule has 0 amide bonds. The molecule has 0 heterocycles. The number of nitriles is 1. The van der Waals surface area contributed by atoms with Gasteiger partial charge in [-0.3, -0.25) is 0 Å². The van der Waals surface area contributed by atoms with Gasteiger partial charge in [0.1, 0.15) is 23.3 Å². The lowest BCUT2D eigenvalue weighted by molar-refractivity contribution is 0.254. The molecule has 0 unspecified atom stereocenters. The van der Waals surface area contributed by atoms with Crippen molar-refractivity contribution in [3.05, 3.63) is 47.0 Å². The van der Waals surface area contributed by atoms with Gasteiger partial charge >= 0.3 is 0 Å². The molecule has 1 fully saturated rings. The molecule has 0 radical (unpaired) electrons. The minimum Gasteiger partial charge on any atom is -0.205 e. The second-order valence-corrected chi connectivity index (χ2v) is 6.62. The maximum absolute atomic E-state index is 13.6. The first kappa shape index (κ1) is 17.7. The van der Waals surface area contributed by atoms with E-state index in [0.717, 1.165) is 12.3 Å². The fourth-order valence-electron chi connectivity index (χ4n) is 3.55. The van der Waals surface area contributed by atoms with Crippen LogP contribution in [0.15, 0.2) is 24.3 Å². The monoisotopic (exact) mass is 317 g/mol. The van der Waals surface area contributed by atoms with E-state index in [9.17, 15) is 8.78 Å². The molecule has 3 heteroatoms. The summed E-state index contributed by atoms with van der Waals surface area (Å²) in [5.74, 6) is 0.0207. The van der Waals surface area contributed by atoms with Crippen molar-refractivity contribution in [3.8, 4) is 6.07 Å². The molecule has 1 aromatic rings. The SMILES string of the molecule is C/C=C/CCC1CCC(CCc2cc(F)c(C#N)c(F)c2)CC1. The molecule has 1 aliphatic carbocycles. The third-order valence-corrected chi connectivity index (χ3v) is 5.00. The van der Waals surface area contributed by atoms with Gasteiger partial charge in [-0.05, 0) is 62.1 Å². The predicted molar refractivity (Wildman–Crippen MR) is 88.9 cm³/mol. The second kappa shape index (κ2) is 8.82. The van der Waals surface area contributed by atoms with E-state index in [1.807, 2.05) is 0 Å². The smallest absolute Gasteiger partial charge is 0.144 e. The Morgan fingerprint density at radius 3 is 2.17 bits per heavy atom. The minimum atomic E-state index is -0.741. The molecule has 1 aromatic carbocycles. The van der Waals surface area contributed by atoms with Gasteiger partial charge in [0, 0.05) is 0 Å². The predicted octanol–water partition coefficient (Wildman–Crippen LogP) is 5.93. The number of rotatable bonds is 6. The molecule has 23 heavy (non-hydrogen) atoms. The number of benzene rings is 1. The molecule has 0 aliphatic heterocycles. The molecule has 2 rings (SSSR count). The molecule has 0 bridgehead atoms. The summed E-state index contributed by atoms with van der Waals surface area (Å²) in [6.45, 7) is 2.06. The first-order valence-corrected chi connectivity index (χ1v) is 8.63. The van der Waals surface area contributed by atoms with E-state index in [0.29, 0.717) is 17.9 Å². The van der Waals surface area contributed by atoms with Crippen LogP contribution in [0, 0.1) is 34.8 Å². The van der Waals surface area contributed by atoms with Crippen molar-refractivity contribution < 1.29 is 8.78 Å². The van der Waals surface area contributed by atoms with E-state index in [-0.39, 0.29) is 0 Å². The van der Waals surface area contributed by atoms with E-state index in [1.54, 1.807) is 6.07 Å². The third-order valence-electron chi connectivity index (χ3n) is 5.00. The first-order chi connectivity index (χ1) is 11.1. The molecule has 0 spiro atoms. The van der Waals surface area contributed by atoms with Crippen molar-refractivity contribution in [2.24, 2.45) is 11.8 Å². The lowest BCUT2D eigenvalue weighted by Gasteiger charge is -2.28. The highest BCUT2D eigenvalue weighted by atomic mass is 19.1. The summed E-state index contributed by atoms with van der Waals surface area (Å²) in [5, 5.41) is 8.69. The second-order valence-electron chi connectivity index (χ2n) is 6.62. The van der Waals surface area contributed by atoms with Gasteiger partial charge in [-0.25, -0.2) is 8.78 Å². The Kier molecular flexibility index (Phi) is 6.77. The number of aryl methyl sites for hydroxylation is 1. The minimum absolute atomic E-state index is 0.476. The lowest BCUT2D eigenvalue weighted by atomic mass is 9.78. The molecule has 0 aromatic heterocycles. The summed E-state index contributed by atoms with van der Waals surface area (Å²) in [4.78, 5) is 0. The maximum atomic E-state index is 13.6. The van der Waals surface area contributed by atoms with Crippen LogP contribution in [0.25, 0.3) is 0 Å². The molecular formula is C20H25F2N. The Bertz CT molecular complexity index is 555. The van der Waals surface area contributed by atoms with E-state index < -0.39 is 17.2 Å². The van der Waals surface area contributed by atoms with E-state index in [2.05, 4.69) is 19.1 Å². The van der Waals surface area contributed by atoms with Gasteiger partial charge in [-0.15, -0.1) is 0 Å². The largest absolute Gasteiger partial charge is 0.205 e. The Labute approximate surface area is 138 Å². The molecule has 1 nitrogen and oxygen atoms in total. The Balaban J connectivity index is 1.79. The van der Waals surface area contributed by atoms with Crippen molar-refractivity contribution in [3.63, 3.8) is 0 Å². The maximum Gasteiger partial charge on any atom is 0.144 e. The fourth-order valence-corrected chi connectivity index (χ4v) is 3.55. The average molecular weight is 317 g/mol. The number of hydrogen-bond donors (Lipinski definition) is 0. The molecule has 0 N–H and O–H groups in total. The summed E-state index contributed by atoms with van der Waals surface area (Å²) >= 11 is 0. The summed E-state index contributed by atoms with van der Waals surface area (Å²) in [6, 6.07) is 4.19. The average Bonchev–Trinajstić information content (AvgIpc) is 2.54. The zero-order valence-corrected chi connectivity index (χ0v) is 13.8. The number of allylic oxidation sites excluding steroid dienone is 2. The number of hydrogen-bond acceptors (Lipinski definition) is 1. The van der Waals surface area contributed by atoms with Crippen LogP contribution < -0.4 is 0 Å². The highest BCUT2D eigenvalue weighted by molar-refractivity contribution is 5.35. The normalized spacial score (nSPS) is 21.5. The summed E-state index contributed by atoms with van der Waals surface area (Å²) in [7, 11) is 0. The third kappa shape index (κ3) is 5.16. The molecule has 1 aliphatic rings.